The number of amides is 3. The molecule has 1 saturated heterocycles. The van der Waals surface area contributed by atoms with Gasteiger partial charge in [-0.2, -0.15) is 0 Å². The average molecular weight is 305 g/mol. The van der Waals surface area contributed by atoms with Crippen molar-refractivity contribution in [2.24, 2.45) is 11.7 Å². The summed E-state index contributed by atoms with van der Waals surface area (Å²) in [6.07, 6.45) is 1.57. The summed E-state index contributed by atoms with van der Waals surface area (Å²) in [4.78, 5) is 25.0. The Bertz CT molecular complexity index is 590. The van der Waals surface area contributed by atoms with Gasteiger partial charge in [-0.25, -0.2) is 4.79 Å². The van der Waals surface area contributed by atoms with Gasteiger partial charge >= 0.3 is 6.03 Å². The Morgan fingerprint density at radius 1 is 1.32 bits per heavy atom. The Labute approximate surface area is 128 Å². The lowest BCUT2D eigenvalue weighted by Crippen LogP contribution is -2.47. The molecule has 0 unspecified atom stereocenters. The number of primary amides is 1. The molecule has 1 aromatic carbocycles. The monoisotopic (exact) mass is 305 g/mol. The van der Waals surface area contributed by atoms with Gasteiger partial charge in [0.1, 0.15) is 0 Å². The Morgan fingerprint density at radius 3 is 2.95 bits per heavy atom. The molecule has 0 aromatic heterocycles. The Hall–Kier alpha value is -2.44. The molecule has 7 heteroatoms. The smallest absolute Gasteiger partial charge is 0.314 e. The van der Waals surface area contributed by atoms with Crippen LogP contribution in [0.5, 0.6) is 11.5 Å². The molecule has 1 atom stereocenters. The zero-order valence-corrected chi connectivity index (χ0v) is 12.2. The number of ether oxygens (including phenoxy) is 2. The van der Waals surface area contributed by atoms with E-state index >= 15 is 0 Å². The van der Waals surface area contributed by atoms with E-state index in [9.17, 15) is 9.59 Å². The highest BCUT2D eigenvalue weighted by Crippen LogP contribution is 2.32. The molecule has 3 N–H and O–H groups in total. The van der Waals surface area contributed by atoms with E-state index in [0.29, 0.717) is 25.4 Å². The molecule has 1 fully saturated rings. The molecule has 2 aliphatic heterocycles. The number of fused-ring (bicyclic) bond motifs is 1. The van der Waals surface area contributed by atoms with Gasteiger partial charge in [0.25, 0.3) is 0 Å². The van der Waals surface area contributed by atoms with Crippen molar-refractivity contribution < 1.29 is 19.1 Å². The van der Waals surface area contributed by atoms with Crippen molar-refractivity contribution >= 4 is 11.9 Å². The third-order valence-electron chi connectivity index (χ3n) is 4.01. The molecule has 0 bridgehead atoms. The number of carbonyl (C=O) groups is 2. The number of carbonyl (C=O) groups excluding carboxylic acids is 2. The van der Waals surface area contributed by atoms with Crippen LogP contribution in [0.25, 0.3) is 0 Å². The van der Waals surface area contributed by atoms with Crippen LogP contribution in [0.4, 0.5) is 4.79 Å². The van der Waals surface area contributed by atoms with Gasteiger partial charge in [0, 0.05) is 19.6 Å². The molecular weight excluding hydrogens is 286 g/mol. The fraction of sp³-hybridized carbons (Fsp3) is 0.467. The van der Waals surface area contributed by atoms with Crippen LogP contribution in [0.3, 0.4) is 0 Å². The van der Waals surface area contributed by atoms with Gasteiger partial charge in [0.15, 0.2) is 11.5 Å². The van der Waals surface area contributed by atoms with Crippen molar-refractivity contribution in [3.63, 3.8) is 0 Å². The summed E-state index contributed by atoms with van der Waals surface area (Å²) >= 11 is 0. The number of rotatable bonds is 3. The maximum Gasteiger partial charge on any atom is 0.314 e. The topological polar surface area (TPSA) is 93.9 Å². The van der Waals surface area contributed by atoms with Crippen LogP contribution < -0.4 is 20.5 Å². The van der Waals surface area contributed by atoms with Gasteiger partial charge in [-0.15, -0.1) is 0 Å². The second-order valence-electron chi connectivity index (χ2n) is 5.53. The van der Waals surface area contributed by atoms with Crippen LogP contribution in [0.1, 0.15) is 18.4 Å². The minimum atomic E-state index is -0.465. The summed E-state index contributed by atoms with van der Waals surface area (Å²) in [6, 6.07) is 5.12. The molecule has 7 nitrogen and oxygen atoms in total. The summed E-state index contributed by atoms with van der Waals surface area (Å²) in [7, 11) is 0. The van der Waals surface area contributed by atoms with Gasteiger partial charge in [-0.3, -0.25) is 4.79 Å². The van der Waals surface area contributed by atoms with E-state index < -0.39 is 6.03 Å². The maximum atomic E-state index is 12.2. The molecular formula is C15H19N3O4. The summed E-state index contributed by atoms with van der Waals surface area (Å²) in [5, 5.41) is 2.91. The Morgan fingerprint density at radius 2 is 2.14 bits per heavy atom. The molecule has 0 aliphatic carbocycles. The van der Waals surface area contributed by atoms with Crippen molar-refractivity contribution in [3.05, 3.63) is 23.8 Å². The van der Waals surface area contributed by atoms with Gasteiger partial charge in [0.2, 0.25) is 12.7 Å². The zero-order valence-electron chi connectivity index (χ0n) is 12.2. The summed E-state index contributed by atoms with van der Waals surface area (Å²) in [5.41, 5.74) is 6.22. The third kappa shape index (κ3) is 3.08. The van der Waals surface area contributed by atoms with Gasteiger partial charge < -0.3 is 25.4 Å². The van der Waals surface area contributed by atoms with Crippen molar-refractivity contribution in [1.82, 2.24) is 10.2 Å². The van der Waals surface area contributed by atoms with E-state index in [-0.39, 0.29) is 18.6 Å². The molecule has 2 heterocycles. The number of nitrogens with two attached hydrogens (primary N) is 1. The number of nitrogens with zero attached hydrogens (tertiary/aromatic N) is 1. The second kappa shape index (κ2) is 6.13. The molecule has 1 aromatic rings. The molecule has 0 saturated carbocycles. The largest absolute Gasteiger partial charge is 0.454 e. The molecule has 22 heavy (non-hydrogen) atoms. The minimum absolute atomic E-state index is 0.0522. The van der Waals surface area contributed by atoms with E-state index in [1.807, 2.05) is 18.2 Å². The highest BCUT2D eigenvalue weighted by atomic mass is 16.7. The fourth-order valence-corrected chi connectivity index (χ4v) is 2.78. The number of benzene rings is 1. The van der Waals surface area contributed by atoms with Crippen LogP contribution in [-0.4, -0.2) is 36.7 Å². The van der Waals surface area contributed by atoms with Gasteiger partial charge in [-0.05, 0) is 30.5 Å². The first-order valence-corrected chi connectivity index (χ1v) is 7.34. The second-order valence-corrected chi connectivity index (χ2v) is 5.53. The van der Waals surface area contributed by atoms with Gasteiger partial charge in [-0.1, -0.05) is 6.07 Å². The number of piperidine rings is 1. The van der Waals surface area contributed by atoms with Crippen LogP contribution in [0, 0.1) is 5.92 Å². The SMILES string of the molecule is NC(=O)N1CCC[C@H](C(=O)NCc2ccc3c(c2)OCO3)C1. The molecule has 3 rings (SSSR count). The third-order valence-corrected chi connectivity index (χ3v) is 4.01. The Kier molecular flexibility index (Phi) is 4.04. The normalized spacial score (nSPS) is 19.8. The van der Waals surface area contributed by atoms with E-state index in [1.54, 1.807) is 0 Å². The fourth-order valence-electron chi connectivity index (χ4n) is 2.78. The van der Waals surface area contributed by atoms with E-state index in [1.165, 1.54) is 4.90 Å². The Balaban J connectivity index is 1.54. The number of nitrogens with one attached hydrogen (secondary N) is 1. The van der Waals surface area contributed by atoms with E-state index in [4.69, 9.17) is 15.2 Å². The first kappa shape index (κ1) is 14.5. The number of urea groups is 1. The average Bonchev–Trinajstić information content (AvgIpc) is 3.00. The number of hydrogen-bond acceptors (Lipinski definition) is 4. The van der Waals surface area contributed by atoms with E-state index in [0.717, 1.165) is 24.2 Å². The van der Waals surface area contributed by atoms with Crippen LogP contribution in [0.15, 0.2) is 18.2 Å². The first-order chi connectivity index (χ1) is 10.6. The van der Waals surface area contributed by atoms with E-state index in [2.05, 4.69) is 5.32 Å². The minimum Gasteiger partial charge on any atom is -0.454 e. The summed E-state index contributed by atoms with van der Waals surface area (Å²) in [6.45, 7) is 1.67. The summed E-state index contributed by atoms with van der Waals surface area (Å²) in [5.74, 6) is 1.17. The van der Waals surface area contributed by atoms with Crippen molar-refractivity contribution in [3.8, 4) is 11.5 Å². The number of hydrogen-bond donors (Lipinski definition) is 2. The van der Waals surface area contributed by atoms with Gasteiger partial charge in [0.05, 0.1) is 5.92 Å². The predicted octanol–water partition coefficient (Wildman–Crippen LogP) is 0.822. The highest BCUT2D eigenvalue weighted by Gasteiger charge is 2.27. The molecule has 118 valence electrons. The lowest BCUT2D eigenvalue weighted by Gasteiger charge is -2.30. The molecule has 0 radical (unpaired) electrons. The number of likely N-dealkylation sites (tertiary alicyclic amines) is 1. The highest BCUT2D eigenvalue weighted by molar-refractivity contribution is 5.80. The quantitative estimate of drug-likeness (QED) is 0.864. The van der Waals surface area contributed by atoms with Crippen LogP contribution >= 0.6 is 0 Å². The lowest BCUT2D eigenvalue weighted by molar-refractivity contribution is -0.126. The lowest BCUT2D eigenvalue weighted by atomic mass is 9.97. The van der Waals surface area contributed by atoms with Crippen molar-refractivity contribution in [2.45, 2.75) is 19.4 Å². The first-order valence-electron chi connectivity index (χ1n) is 7.34. The zero-order chi connectivity index (χ0) is 15.5. The predicted molar refractivity (Wildman–Crippen MR) is 78.3 cm³/mol. The molecule has 3 amide bonds. The standard InChI is InChI=1S/C15H19N3O4/c16-15(20)18-5-1-2-11(8-18)14(19)17-7-10-3-4-12-13(6-10)22-9-21-12/h3-4,6,11H,1-2,5,7-9H2,(H2,16,20)(H,17,19)/t11-/m0/s1. The van der Waals surface area contributed by atoms with Crippen LogP contribution in [0.2, 0.25) is 0 Å². The van der Waals surface area contributed by atoms with Crippen molar-refractivity contribution in [2.75, 3.05) is 19.9 Å². The molecule has 2 aliphatic rings. The maximum absolute atomic E-state index is 12.2. The van der Waals surface area contributed by atoms with Crippen molar-refractivity contribution in [1.29, 1.82) is 0 Å². The molecule has 0 spiro atoms. The van der Waals surface area contributed by atoms with Crippen LogP contribution in [-0.2, 0) is 11.3 Å². The summed E-state index contributed by atoms with van der Waals surface area (Å²) < 4.78 is 10.6.